The van der Waals surface area contributed by atoms with Crippen molar-refractivity contribution in [2.75, 3.05) is 5.32 Å². The molecule has 26 heavy (non-hydrogen) atoms. The zero-order valence-electron chi connectivity index (χ0n) is 14.7. The Bertz CT molecular complexity index is 943. The molecular weight excluding hydrogens is 333 g/mol. The number of benzene rings is 1. The molecule has 0 fully saturated rings. The van der Waals surface area contributed by atoms with E-state index in [1.165, 1.54) is 12.1 Å². The highest BCUT2D eigenvalue weighted by Gasteiger charge is 2.32. The van der Waals surface area contributed by atoms with Crippen LogP contribution in [0.3, 0.4) is 0 Å². The van der Waals surface area contributed by atoms with Crippen molar-refractivity contribution in [1.82, 2.24) is 20.0 Å². The van der Waals surface area contributed by atoms with E-state index in [2.05, 4.69) is 27.5 Å². The number of hydrogen-bond donors (Lipinski definition) is 2. The van der Waals surface area contributed by atoms with Crippen molar-refractivity contribution >= 4 is 11.7 Å². The summed E-state index contributed by atoms with van der Waals surface area (Å²) >= 11 is 0. The molecule has 0 saturated heterocycles. The molecule has 2 atom stereocenters. The van der Waals surface area contributed by atoms with E-state index in [4.69, 9.17) is 0 Å². The molecule has 4 rings (SSSR count). The lowest BCUT2D eigenvalue weighted by Crippen LogP contribution is -2.27. The number of carbonyl (C=O) groups is 1. The third-order valence-corrected chi connectivity index (χ3v) is 4.89. The average molecular weight is 353 g/mol. The van der Waals surface area contributed by atoms with Crippen molar-refractivity contribution in [3.05, 3.63) is 53.6 Å². The standard InChI is InChI=1S/C19H20FN5O/c1-11-7-13-10-21-23-18(13)15(8-11)19(26)22-17-9-16(25(2)24-17)12-3-5-14(20)6-4-12/h3-6,9-11,15H,7-8H2,1-2H3,(H,21,23)(H,22,24,26). The lowest BCUT2D eigenvalue weighted by molar-refractivity contribution is -0.118. The van der Waals surface area contributed by atoms with Crippen LogP contribution < -0.4 is 5.32 Å². The van der Waals surface area contributed by atoms with Crippen LogP contribution in [-0.4, -0.2) is 25.9 Å². The smallest absolute Gasteiger partial charge is 0.234 e. The fourth-order valence-corrected chi connectivity index (χ4v) is 3.64. The number of nitrogens with one attached hydrogen (secondary N) is 2. The minimum absolute atomic E-state index is 0.0918. The number of H-pyrrole nitrogens is 1. The van der Waals surface area contributed by atoms with Gasteiger partial charge in [0.1, 0.15) is 5.82 Å². The number of halogens is 1. The molecule has 2 heterocycles. The van der Waals surface area contributed by atoms with Crippen molar-refractivity contribution in [1.29, 1.82) is 0 Å². The molecule has 2 N–H and O–H groups in total. The topological polar surface area (TPSA) is 75.6 Å². The molecule has 1 aliphatic rings. The van der Waals surface area contributed by atoms with E-state index in [1.54, 1.807) is 36.1 Å². The van der Waals surface area contributed by atoms with Crippen molar-refractivity contribution in [2.24, 2.45) is 13.0 Å². The van der Waals surface area contributed by atoms with Gasteiger partial charge in [0.2, 0.25) is 5.91 Å². The normalized spacial score (nSPS) is 19.2. The largest absolute Gasteiger partial charge is 0.309 e. The Morgan fingerprint density at radius 3 is 2.88 bits per heavy atom. The minimum atomic E-state index is -0.286. The van der Waals surface area contributed by atoms with Crippen LogP contribution in [0.25, 0.3) is 11.3 Å². The van der Waals surface area contributed by atoms with Gasteiger partial charge in [0.25, 0.3) is 0 Å². The molecule has 1 amide bonds. The maximum absolute atomic E-state index is 13.1. The molecule has 7 heteroatoms. The summed E-state index contributed by atoms with van der Waals surface area (Å²) in [6.07, 6.45) is 3.52. The Balaban J connectivity index is 1.56. The number of fused-ring (bicyclic) bond motifs is 1. The summed E-state index contributed by atoms with van der Waals surface area (Å²) < 4.78 is 14.8. The van der Waals surface area contributed by atoms with E-state index in [1.807, 2.05) is 0 Å². The third-order valence-electron chi connectivity index (χ3n) is 4.89. The number of rotatable bonds is 3. The molecular formula is C19H20FN5O. The molecule has 3 aromatic rings. The second-order valence-electron chi connectivity index (χ2n) is 6.94. The van der Waals surface area contributed by atoms with Crippen LogP contribution in [0, 0.1) is 11.7 Å². The van der Waals surface area contributed by atoms with E-state index in [0.717, 1.165) is 35.4 Å². The van der Waals surface area contributed by atoms with Crippen LogP contribution in [0.1, 0.15) is 30.5 Å². The van der Waals surface area contributed by atoms with Gasteiger partial charge in [0, 0.05) is 18.7 Å². The maximum atomic E-state index is 13.1. The highest BCUT2D eigenvalue weighted by molar-refractivity contribution is 5.95. The fourth-order valence-electron chi connectivity index (χ4n) is 3.64. The number of carbonyl (C=O) groups excluding carboxylic acids is 1. The molecule has 0 bridgehead atoms. The lowest BCUT2D eigenvalue weighted by Gasteiger charge is -2.25. The highest BCUT2D eigenvalue weighted by atomic mass is 19.1. The van der Waals surface area contributed by atoms with Gasteiger partial charge in [-0.2, -0.15) is 10.2 Å². The number of aryl methyl sites for hydroxylation is 1. The highest BCUT2D eigenvalue weighted by Crippen LogP contribution is 2.34. The molecule has 2 unspecified atom stereocenters. The summed E-state index contributed by atoms with van der Waals surface area (Å²) in [7, 11) is 1.80. The van der Waals surface area contributed by atoms with Crippen molar-refractivity contribution in [3.63, 3.8) is 0 Å². The quantitative estimate of drug-likeness (QED) is 0.759. The van der Waals surface area contributed by atoms with Crippen LogP contribution >= 0.6 is 0 Å². The van der Waals surface area contributed by atoms with Crippen LogP contribution in [0.5, 0.6) is 0 Å². The zero-order valence-corrected chi connectivity index (χ0v) is 14.7. The van der Waals surface area contributed by atoms with Crippen molar-refractivity contribution in [2.45, 2.75) is 25.7 Å². The molecule has 2 aromatic heterocycles. The molecule has 134 valence electrons. The van der Waals surface area contributed by atoms with Gasteiger partial charge in [0.05, 0.1) is 23.5 Å². The first-order valence-corrected chi connectivity index (χ1v) is 8.64. The van der Waals surface area contributed by atoms with Gasteiger partial charge in [-0.1, -0.05) is 6.92 Å². The summed E-state index contributed by atoms with van der Waals surface area (Å²) in [6, 6.07) is 7.99. The van der Waals surface area contributed by atoms with Gasteiger partial charge in [-0.05, 0) is 48.6 Å². The second kappa shape index (κ2) is 6.40. The van der Waals surface area contributed by atoms with Crippen LogP contribution in [0.15, 0.2) is 36.5 Å². The summed E-state index contributed by atoms with van der Waals surface area (Å²) in [5, 5.41) is 14.3. The van der Waals surface area contributed by atoms with Gasteiger partial charge in [-0.3, -0.25) is 14.6 Å². The Morgan fingerprint density at radius 1 is 1.35 bits per heavy atom. The van der Waals surface area contributed by atoms with E-state index in [9.17, 15) is 9.18 Å². The monoisotopic (exact) mass is 353 g/mol. The minimum Gasteiger partial charge on any atom is -0.309 e. The first-order chi connectivity index (χ1) is 12.5. The van der Waals surface area contributed by atoms with Crippen LogP contribution in [0.2, 0.25) is 0 Å². The van der Waals surface area contributed by atoms with Gasteiger partial charge in [-0.15, -0.1) is 0 Å². The number of aromatic amines is 1. The number of amides is 1. The van der Waals surface area contributed by atoms with E-state index < -0.39 is 0 Å². The SMILES string of the molecule is CC1Cc2cn[nH]c2C(C(=O)Nc2cc(-c3ccc(F)cc3)n(C)n2)C1. The molecule has 0 aliphatic heterocycles. The fraction of sp³-hybridized carbons (Fsp3) is 0.316. The zero-order chi connectivity index (χ0) is 18.3. The summed E-state index contributed by atoms with van der Waals surface area (Å²) in [5.41, 5.74) is 3.65. The lowest BCUT2D eigenvalue weighted by atomic mass is 9.81. The molecule has 0 radical (unpaired) electrons. The first kappa shape index (κ1) is 16.5. The molecule has 0 spiro atoms. The summed E-state index contributed by atoms with van der Waals surface area (Å²) in [6.45, 7) is 2.14. The predicted molar refractivity (Wildman–Crippen MR) is 96.0 cm³/mol. The molecule has 1 aliphatic carbocycles. The number of hydrogen-bond acceptors (Lipinski definition) is 3. The number of nitrogens with zero attached hydrogens (tertiary/aromatic N) is 3. The second-order valence-corrected chi connectivity index (χ2v) is 6.94. The first-order valence-electron chi connectivity index (χ1n) is 8.64. The molecule has 6 nitrogen and oxygen atoms in total. The van der Waals surface area contributed by atoms with Gasteiger partial charge >= 0.3 is 0 Å². The van der Waals surface area contributed by atoms with E-state index in [-0.39, 0.29) is 17.6 Å². The Hall–Kier alpha value is -2.96. The number of anilines is 1. The van der Waals surface area contributed by atoms with Gasteiger partial charge < -0.3 is 5.32 Å². The predicted octanol–water partition coefficient (Wildman–Crippen LogP) is 3.25. The van der Waals surface area contributed by atoms with Crippen LogP contribution in [0.4, 0.5) is 10.2 Å². The summed E-state index contributed by atoms with van der Waals surface area (Å²) in [5.74, 6) is 0.273. The molecule has 0 saturated carbocycles. The number of aromatic nitrogens is 4. The van der Waals surface area contributed by atoms with Gasteiger partial charge in [-0.25, -0.2) is 4.39 Å². The molecule has 1 aromatic carbocycles. The maximum Gasteiger partial charge on any atom is 0.234 e. The van der Waals surface area contributed by atoms with E-state index >= 15 is 0 Å². The Kier molecular flexibility index (Phi) is 4.06. The van der Waals surface area contributed by atoms with Crippen LogP contribution in [-0.2, 0) is 18.3 Å². The third kappa shape index (κ3) is 3.00. The Morgan fingerprint density at radius 2 is 2.12 bits per heavy atom. The van der Waals surface area contributed by atoms with Crippen molar-refractivity contribution in [3.8, 4) is 11.3 Å². The Labute approximate surface area is 150 Å². The van der Waals surface area contributed by atoms with E-state index in [0.29, 0.717) is 11.7 Å². The average Bonchev–Trinajstić information content (AvgIpc) is 3.21. The van der Waals surface area contributed by atoms with Crippen molar-refractivity contribution < 1.29 is 9.18 Å². The van der Waals surface area contributed by atoms with Gasteiger partial charge in [0.15, 0.2) is 5.82 Å². The summed E-state index contributed by atoms with van der Waals surface area (Å²) in [4.78, 5) is 12.8.